The van der Waals surface area contributed by atoms with Gasteiger partial charge in [-0.25, -0.2) is 4.98 Å². The van der Waals surface area contributed by atoms with E-state index < -0.39 is 6.10 Å². The standard InChI is InChI=1S/C16H16N6O3/c1-9-14(23)7-22(9)16(24)13-8-25-15(19-13)4-11-2-3-12(21-20-11)10-5-17-18-6-10/h2-3,5-6,8-9,14,23H,4,7H2,1H3,(H,17,18)/t9-,14-/m0/s1. The molecule has 0 aromatic carbocycles. The van der Waals surface area contributed by atoms with E-state index >= 15 is 0 Å². The van der Waals surface area contributed by atoms with Crippen molar-refractivity contribution >= 4 is 5.91 Å². The van der Waals surface area contributed by atoms with Gasteiger partial charge in [-0.3, -0.25) is 9.89 Å². The predicted octanol–water partition coefficient (Wildman–Crippen LogP) is 0.651. The van der Waals surface area contributed by atoms with Crippen molar-refractivity contribution in [2.24, 2.45) is 0 Å². The minimum atomic E-state index is -0.473. The number of aromatic amines is 1. The summed E-state index contributed by atoms with van der Waals surface area (Å²) in [6, 6.07) is 3.47. The van der Waals surface area contributed by atoms with Crippen LogP contribution in [0, 0.1) is 0 Å². The van der Waals surface area contributed by atoms with E-state index in [2.05, 4.69) is 25.4 Å². The Hall–Kier alpha value is -3.07. The molecule has 128 valence electrons. The largest absolute Gasteiger partial charge is 0.448 e. The van der Waals surface area contributed by atoms with Gasteiger partial charge >= 0.3 is 0 Å². The maximum absolute atomic E-state index is 12.3. The number of carbonyl (C=O) groups is 1. The van der Waals surface area contributed by atoms with Crippen LogP contribution in [0.5, 0.6) is 0 Å². The van der Waals surface area contributed by atoms with Gasteiger partial charge in [0.05, 0.1) is 36.2 Å². The Labute approximate surface area is 142 Å². The predicted molar refractivity (Wildman–Crippen MR) is 85.4 cm³/mol. The lowest BCUT2D eigenvalue weighted by Gasteiger charge is -2.42. The first-order chi connectivity index (χ1) is 12.1. The number of rotatable bonds is 4. The summed E-state index contributed by atoms with van der Waals surface area (Å²) >= 11 is 0. The molecule has 2 N–H and O–H groups in total. The van der Waals surface area contributed by atoms with Crippen LogP contribution in [0.25, 0.3) is 11.3 Å². The number of aliphatic hydroxyl groups excluding tert-OH is 1. The molecule has 2 atom stereocenters. The molecule has 1 saturated heterocycles. The number of likely N-dealkylation sites (tertiary alicyclic amines) is 1. The smallest absolute Gasteiger partial charge is 0.276 e. The van der Waals surface area contributed by atoms with Crippen LogP contribution >= 0.6 is 0 Å². The molecule has 9 heteroatoms. The molecule has 0 aliphatic carbocycles. The lowest BCUT2D eigenvalue weighted by Crippen LogP contribution is -2.60. The van der Waals surface area contributed by atoms with Gasteiger partial charge in [0, 0.05) is 18.3 Å². The fourth-order valence-corrected chi connectivity index (χ4v) is 2.65. The molecule has 0 spiro atoms. The van der Waals surface area contributed by atoms with Gasteiger partial charge < -0.3 is 14.4 Å². The molecule has 0 unspecified atom stereocenters. The maximum atomic E-state index is 12.3. The highest BCUT2D eigenvalue weighted by molar-refractivity contribution is 5.92. The second kappa shape index (κ2) is 6.10. The van der Waals surface area contributed by atoms with Crippen molar-refractivity contribution < 1.29 is 14.3 Å². The van der Waals surface area contributed by atoms with Gasteiger partial charge in [0.2, 0.25) is 5.89 Å². The van der Waals surface area contributed by atoms with Crippen LogP contribution in [0.3, 0.4) is 0 Å². The van der Waals surface area contributed by atoms with Crippen molar-refractivity contribution in [1.82, 2.24) is 30.3 Å². The third kappa shape index (κ3) is 2.89. The number of oxazole rings is 1. The number of carbonyl (C=O) groups excluding carboxylic acids is 1. The maximum Gasteiger partial charge on any atom is 0.276 e. The number of aliphatic hydroxyl groups is 1. The summed E-state index contributed by atoms with van der Waals surface area (Å²) < 4.78 is 5.37. The van der Waals surface area contributed by atoms with Crippen LogP contribution in [0.1, 0.15) is 29.0 Å². The lowest BCUT2D eigenvalue weighted by molar-refractivity contribution is -0.0360. The Morgan fingerprint density at radius 2 is 2.32 bits per heavy atom. The Balaban J connectivity index is 1.43. The molecule has 3 aromatic heterocycles. The number of hydrogen-bond acceptors (Lipinski definition) is 7. The van der Waals surface area contributed by atoms with Gasteiger partial charge in [-0.05, 0) is 19.1 Å². The van der Waals surface area contributed by atoms with Crippen molar-refractivity contribution in [2.45, 2.75) is 25.5 Å². The van der Waals surface area contributed by atoms with Gasteiger partial charge in [0.15, 0.2) is 5.69 Å². The molecule has 0 bridgehead atoms. The number of H-pyrrole nitrogens is 1. The van der Waals surface area contributed by atoms with Crippen molar-refractivity contribution in [2.75, 3.05) is 6.54 Å². The minimum absolute atomic E-state index is 0.200. The zero-order valence-corrected chi connectivity index (χ0v) is 13.5. The van der Waals surface area contributed by atoms with E-state index in [0.717, 1.165) is 5.56 Å². The molecule has 0 saturated carbocycles. The molecule has 1 aliphatic heterocycles. The van der Waals surface area contributed by atoms with Crippen molar-refractivity contribution in [1.29, 1.82) is 0 Å². The SMILES string of the molecule is C[C@H]1[C@@H](O)CN1C(=O)c1coc(Cc2ccc(-c3cn[nH]c3)nn2)n1. The summed E-state index contributed by atoms with van der Waals surface area (Å²) in [5.41, 5.74) is 2.48. The van der Waals surface area contributed by atoms with Crippen LogP contribution in [-0.2, 0) is 6.42 Å². The van der Waals surface area contributed by atoms with Crippen molar-refractivity contribution in [3.63, 3.8) is 0 Å². The second-order valence-corrected chi connectivity index (χ2v) is 5.97. The van der Waals surface area contributed by atoms with E-state index in [0.29, 0.717) is 30.2 Å². The molecular weight excluding hydrogens is 324 g/mol. The molecule has 1 fully saturated rings. The highest BCUT2D eigenvalue weighted by atomic mass is 16.3. The molecule has 0 radical (unpaired) electrons. The zero-order valence-electron chi connectivity index (χ0n) is 13.5. The number of hydrogen-bond donors (Lipinski definition) is 2. The van der Waals surface area contributed by atoms with E-state index in [1.54, 1.807) is 24.2 Å². The minimum Gasteiger partial charge on any atom is -0.448 e. The van der Waals surface area contributed by atoms with Crippen LogP contribution in [0.2, 0.25) is 0 Å². The molecule has 1 amide bonds. The zero-order chi connectivity index (χ0) is 17.4. The van der Waals surface area contributed by atoms with Crippen molar-refractivity contribution in [3.8, 4) is 11.3 Å². The van der Waals surface area contributed by atoms with E-state index in [9.17, 15) is 9.90 Å². The Kier molecular flexibility index (Phi) is 3.77. The summed E-state index contributed by atoms with van der Waals surface area (Å²) in [6.07, 6.45) is 4.61. The van der Waals surface area contributed by atoms with Gasteiger partial charge in [-0.2, -0.15) is 15.3 Å². The highest BCUT2D eigenvalue weighted by Gasteiger charge is 2.38. The molecule has 4 heterocycles. The van der Waals surface area contributed by atoms with E-state index in [1.165, 1.54) is 6.26 Å². The topological polar surface area (TPSA) is 121 Å². The summed E-state index contributed by atoms with van der Waals surface area (Å²) in [6.45, 7) is 2.12. The van der Waals surface area contributed by atoms with Gasteiger partial charge in [-0.15, -0.1) is 0 Å². The lowest BCUT2D eigenvalue weighted by atomic mass is 10.0. The third-order valence-corrected chi connectivity index (χ3v) is 4.31. The van der Waals surface area contributed by atoms with E-state index in [-0.39, 0.29) is 17.6 Å². The average Bonchev–Trinajstić information content (AvgIpc) is 3.31. The first-order valence-corrected chi connectivity index (χ1v) is 7.87. The van der Waals surface area contributed by atoms with Gasteiger partial charge in [0.1, 0.15) is 6.26 Å². The van der Waals surface area contributed by atoms with Gasteiger partial charge in [0.25, 0.3) is 5.91 Å². The van der Waals surface area contributed by atoms with E-state index in [4.69, 9.17) is 4.42 Å². The Morgan fingerprint density at radius 1 is 1.44 bits per heavy atom. The summed E-state index contributed by atoms with van der Waals surface area (Å²) in [4.78, 5) is 18.1. The number of nitrogens with zero attached hydrogens (tertiary/aromatic N) is 5. The monoisotopic (exact) mass is 340 g/mol. The fraction of sp³-hybridized carbons (Fsp3) is 0.312. The number of aromatic nitrogens is 5. The normalized spacial score (nSPS) is 19.7. The number of amides is 1. The Bertz CT molecular complexity index is 874. The third-order valence-electron chi connectivity index (χ3n) is 4.31. The first-order valence-electron chi connectivity index (χ1n) is 7.87. The summed E-state index contributed by atoms with van der Waals surface area (Å²) in [5, 5.41) is 24.4. The highest BCUT2D eigenvalue weighted by Crippen LogP contribution is 2.21. The molecule has 25 heavy (non-hydrogen) atoms. The van der Waals surface area contributed by atoms with Gasteiger partial charge in [-0.1, -0.05) is 0 Å². The molecule has 1 aliphatic rings. The van der Waals surface area contributed by atoms with Crippen LogP contribution < -0.4 is 0 Å². The molecule has 4 rings (SSSR count). The summed E-state index contributed by atoms with van der Waals surface area (Å²) in [5.74, 6) is 0.150. The second-order valence-electron chi connectivity index (χ2n) is 5.97. The van der Waals surface area contributed by atoms with E-state index in [1.807, 2.05) is 12.1 Å². The van der Waals surface area contributed by atoms with Crippen LogP contribution in [0.15, 0.2) is 35.2 Å². The molecular formula is C16H16N6O3. The molecule has 3 aromatic rings. The quantitative estimate of drug-likeness (QED) is 0.715. The molecule has 9 nitrogen and oxygen atoms in total. The number of β-amino-alcohol motifs (C(OH)–C–C–N with tert-alkyl or cyclic N) is 1. The van der Waals surface area contributed by atoms with Crippen LogP contribution in [0.4, 0.5) is 0 Å². The summed E-state index contributed by atoms with van der Waals surface area (Å²) in [7, 11) is 0. The fourth-order valence-electron chi connectivity index (χ4n) is 2.65. The van der Waals surface area contributed by atoms with Crippen molar-refractivity contribution in [3.05, 3.63) is 48.1 Å². The first kappa shape index (κ1) is 15.5. The van der Waals surface area contributed by atoms with Crippen LogP contribution in [-0.4, -0.2) is 60.0 Å². The Morgan fingerprint density at radius 3 is 2.96 bits per heavy atom. The average molecular weight is 340 g/mol. The number of nitrogens with one attached hydrogen (secondary N) is 1.